The third-order valence-electron chi connectivity index (χ3n) is 0. The van der Waals surface area contributed by atoms with Crippen LogP contribution in [0.3, 0.4) is 0 Å². The predicted molar refractivity (Wildman–Crippen MR) is 0 cm³/mol. The van der Waals surface area contributed by atoms with E-state index in [2.05, 4.69) is 0 Å². The summed E-state index contributed by atoms with van der Waals surface area (Å²) in [6.45, 7) is 0. The van der Waals surface area contributed by atoms with E-state index in [1.807, 2.05) is 0 Å². The van der Waals surface area contributed by atoms with E-state index in [0.29, 0.717) is 0 Å². The van der Waals surface area contributed by atoms with Crippen LogP contribution in [0.5, 0.6) is 0 Å². The Hall–Kier alpha value is 1.13. The smallest absolute Gasteiger partial charge is 0.222 e. The Morgan fingerprint density at radius 2 is 0.312 bits per heavy atom. The van der Waals surface area contributed by atoms with E-state index in [1.165, 1.54) is 0 Å². The first kappa shape index (κ1) is 25.9. The maximum absolute atomic E-state index is 8.49. The maximum atomic E-state index is 8.49. The van der Waals surface area contributed by atoms with Gasteiger partial charge in [0, 0.05) is 0 Å². The van der Waals surface area contributed by atoms with Crippen molar-refractivity contribution in [3.05, 3.63) is 0 Å². The first-order chi connectivity index (χ1) is 6.00. The van der Waals surface area contributed by atoms with Gasteiger partial charge in [-0.25, -0.2) is 55.9 Å². The van der Waals surface area contributed by atoms with Crippen molar-refractivity contribution in [3.8, 4) is 0 Å². The molecule has 0 aromatic rings. The van der Waals surface area contributed by atoms with Gasteiger partial charge in [-0.05, 0) is 0 Å². The van der Waals surface area contributed by atoms with Crippen molar-refractivity contribution in [1.29, 1.82) is 0 Å². The van der Waals surface area contributed by atoms with Gasteiger partial charge >= 0.3 is 22.4 Å². The number of rotatable bonds is 0. The minimum atomic E-state index is -4.94. The van der Waals surface area contributed by atoms with Crippen LogP contribution < -0.4 is 55.9 Å². The van der Waals surface area contributed by atoms with Crippen molar-refractivity contribution < 1.29 is 109 Å². The molecule has 0 saturated carbocycles. The summed E-state index contributed by atoms with van der Waals surface area (Å²) in [4.78, 5) is 0. The molecule has 0 amide bonds. The number of hydrogen-bond donors (Lipinski definition) is 0. The molecule has 0 fully saturated rings. The summed E-state index contributed by atoms with van der Waals surface area (Å²) in [5.41, 5.74) is 0. The second-order valence-corrected chi connectivity index (χ2v) is 3.40. The molecule has 12 nitrogen and oxygen atoms in total. The molecule has 0 saturated heterocycles. The van der Waals surface area contributed by atoms with Crippen LogP contribution in [-0.4, -0.2) is 0 Å². The Labute approximate surface area is 109 Å². The summed E-state index contributed by atoms with van der Waals surface area (Å²) in [5.74, 6) is 0. The molecule has 16 heavy (non-hydrogen) atoms. The second-order valence-electron chi connectivity index (χ2n) is 1.13. The zero-order valence-corrected chi connectivity index (χ0v) is 10.8. The van der Waals surface area contributed by atoms with Crippen LogP contribution >= 0.6 is 0 Å². The van der Waals surface area contributed by atoms with Gasteiger partial charge in [0.2, 0.25) is 0 Å². The average Bonchev–Trinajstić information content (AvgIpc) is 1.41. The number of hydrogen-bond acceptors (Lipinski definition) is 12. The van der Waals surface area contributed by atoms with Gasteiger partial charge in [-0.2, -0.15) is 0 Å². The molecule has 0 bridgehead atoms. The van der Waals surface area contributed by atoms with E-state index < -0.39 is 30.7 Å². The molecule has 0 rings (SSSR count). The zero-order valence-electron chi connectivity index (χ0n) is 6.33. The molecule has 0 aromatic carbocycles. The minimum absolute atomic E-state index is 0. The van der Waals surface area contributed by atoms with Crippen LogP contribution in [0.1, 0.15) is 0 Å². The van der Waals surface area contributed by atoms with Crippen molar-refractivity contribution in [1.82, 2.24) is 0 Å². The fraction of sp³-hybridized carbons (Fsp3) is 0. The summed E-state index contributed by atoms with van der Waals surface area (Å²) in [7, 11) is -14.8. The van der Waals surface area contributed by atoms with Gasteiger partial charge in [0.25, 0.3) is 0 Å². The molecule has 0 aliphatic carbocycles. The molecule has 0 aliphatic heterocycles. The van der Waals surface area contributed by atoms with Crippen molar-refractivity contribution >= 4 is 0 Å². The third-order valence-corrected chi connectivity index (χ3v) is 0. The zero-order chi connectivity index (χ0) is 13.5. The quantitative estimate of drug-likeness (QED) is 0.283. The molecule has 0 heterocycles. The molecule has 0 unspecified atom stereocenters. The van der Waals surface area contributed by atoms with E-state index in [1.54, 1.807) is 0 Å². The molecule has 0 aliphatic rings. The van der Waals surface area contributed by atoms with Crippen molar-refractivity contribution in [2.45, 2.75) is 0 Å². The van der Waals surface area contributed by atoms with E-state index in [0.717, 1.165) is 0 Å². The normalized spacial score (nSPS) is 11.2. The van der Waals surface area contributed by atoms with Gasteiger partial charge in [-0.3, -0.25) is 0 Å². The van der Waals surface area contributed by atoms with Crippen LogP contribution in [0, 0.1) is 30.7 Å². The Morgan fingerprint density at radius 3 is 0.312 bits per heavy atom. The first-order valence-electron chi connectivity index (χ1n) is 1.85. The Kier molecular flexibility index (Phi) is 16.3. The molecular formula is AuCl3O12. The Balaban J connectivity index is -0.0000000655. The monoisotopic (exact) mass is 494 g/mol. The fourth-order valence-corrected chi connectivity index (χ4v) is 0. The molecule has 0 aromatic heterocycles. The van der Waals surface area contributed by atoms with E-state index in [9.17, 15) is 0 Å². The fourth-order valence-electron chi connectivity index (χ4n) is 0. The van der Waals surface area contributed by atoms with Gasteiger partial charge < -0.3 is 0 Å². The molecule has 104 valence electrons. The van der Waals surface area contributed by atoms with Crippen molar-refractivity contribution in [2.24, 2.45) is 0 Å². The van der Waals surface area contributed by atoms with Crippen molar-refractivity contribution in [2.75, 3.05) is 0 Å². The Bertz CT molecular complexity index is 91.3. The Morgan fingerprint density at radius 1 is 0.312 bits per heavy atom. The first-order valence-corrected chi connectivity index (χ1v) is 5.55. The van der Waals surface area contributed by atoms with Crippen molar-refractivity contribution in [3.63, 3.8) is 0 Å². The topological polar surface area (TPSA) is 277 Å². The summed E-state index contributed by atoms with van der Waals surface area (Å²) in [6.07, 6.45) is 0. The van der Waals surface area contributed by atoms with Crippen LogP contribution in [0.15, 0.2) is 0 Å². The summed E-state index contributed by atoms with van der Waals surface area (Å²) >= 11 is 0. The molecular weight excluding hydrogens is 495 g/mol. The van der Waals surface area contributed by atoms with Gasteiger partial charge in [-0.15, -0.1) is 30.7 Å². The summed E-state index contributed by atoms with van der Waals surface area (Å²) in [6, 6.07) is 0. The van der Waals surface area contributed by atoms with Crippen LogP contribution in [0.25, 0.3) is 0 Å². The largest absolute Gasteiger partial charge is 3.00 e. The summed E-state index contributed by atoms with van der Waals surface area (Å²) in [5, 5.41) is 0. The molecule has 0 atom stereocenters. The second kappa shape index (κ2) is 10.1. The van der Waals surface area contributed by atoms with Crippen LogP contribution in [0.4, 0.5) is 0 Å². The number of halogens is 3. The maximum Gasteiger partial charge on any atom is 3.00 e. The summed E-state index contributed by atoms with van der Waals surface area (Å²) < 4.78 is 102. The van der Waals surface area contributed by atoms with Gasteiger partial charge in [-0.1, -0.05) is 0 Å². The van der Waals surface area contributed by atoms with E-state index >= 15 is 0 Å². The van der Waals surface area contributed by atoms with E-state index in [-0.39, 0.29) is 22.4 Å². The van der Waals surface area contributed by atoms with Gasteiger partial charge in [0.15, 0.2) is 0 Å². The molecule has 0 N–H and O–H groups in total. The third kappa shape index (κ3) is 2360. The molecule has 16 heteroatoms. The molecule has 0 radical (unpaired) electrons. The van der Waals surface area contributed by atoms with Crippen LogP contribution in [-0.2, 0) is 22.4 Å². The van der Waals surface area contributed by atoms with Crippen LogP contribution in [0.2, 0.25) is 0 Å². The predicted octanol–water partition coefficient (Wildman–Crippen LogP) is -14.3. The van der Waals surface area contributed by atoms with Gasteiger partial charge in [0.1, 0.15) is 0 Å². The van der Waals surface area contributed by atoms with E-state index in [4.69, 9.17) is 55.9 Å². The van der Waals surface area contributed by atoms with Gasteiger partial charge in [0.05, 0.1) is 0 Å². The molecule has 0 spiro atoms. The average molecular weight is 495 g/mol. The SMILES string of the molecule is [Au+3].[O-][Cl+3]([O-])([O-])[O-].[O-][Cl+3]([O-])([O-])[O-].[O-][Cl+3]([O-])([O-])[O-]. The minimum Gasteiger partial charge on any atom is -0.222 e. The standard InChI is InChI=1S/Au.3ClHO4/c;3*2-1(3,4)5/h;3*(H,2,3,4,5)/q+3;;;/p-3.